The van der Waals surface area contributed by atoms with E-state index in [-0.39, 0.29) is 49.7 Å². The molecule has 6 heterocycles. The lowest BCUT2D eigenvalue weighted by Crippen LogP contribution is -2.52. The number of aromatic nitrogens is 2. The fourth-order valence-corrected chi connectivity index (χ4v) is 7.62. The van der Waals surface area contributed by atoms with Gasteiger partial charge in [0.1, 0.15) is 24.3 Å². The SMILES string of the molecule is [2H]C1([2H])CC[C@@]2(COc3nc4c(c(N5C[C@H]6CC[C@@H](C5)N6)n3)CCN(c3cc(O)cc5ccc(F)c(F)c35)C4)C[C@@]([2H])(F)CN12. The second kappa shape index (κ2) is 9.87. The van der Waals surface area contributed by atoms with Crippen LogP contribution < -0.4 is 19.9 Å². The van der Waals surface area contributed by atoms with Crippen molar-refractivity contribution in [1.82, 2.24) is 20.2 Å². The third-order valence-electron chi connectivity index (χ3n) is 9.64. The summed E-state index contributed by atoms with van der Waals surface area (Å²) in [5, 5.41) is 14.6. The minimum Gasteiger partial charge on any atom is -0.508 e. The van der Waals surface area contributed by atoms with Crippen LogP contribution in [0.4, 0.5) is 24.7 Å². The van der Waals surface area contributed by atoms with E-state index < -0.39 is 29.8 Å². The first-order chi connectivity index (χ1) is 21.4. The van der Waals surface area contributed by atoms with E-state index in [9.17, 15) is 13.9 Å². The Hall–Kier alpha value is -3.31. The van der Waals surface area contributed by atoms with Gasteiger partial charge >= 0.3 is 6.01 Å². The molecule has 0 amide bonds. The number of benzene rings is 2. The highest BCUT2D eigenvalue weighted by Crippen LogP contribution is 2.41. The topological polar surface area (TPSA) is 77.0 Å². The number of halogens is 3. The van der Waals surface area contributed by atoms with Crippen molar-refractivity contribution in [2.24, 2.45) is 0 Å². The Labute approximate surface area is 246 Å². The molecule has 42 heavy (non-hydrogen) atoms. The average molecular weight is 584 g/mol. The quantitative estimate of drug-likeness (QED) is 0.466. The van der Waals surface area contributed by atoms with Crippen LogP contribution in [0.5, 0.6) is 11.8 Å². The van der Waals surface area contributed by atoms with Gasteiger partial charge in [0.25, 0.3) is 0 Å². The lowest BCUT2D eigenvalue weighted by molar-refractivity contribution is 0.107. The number of nitrogens with zero attached hydrogens (tertiary/aromatic N) is 5. The van der Waals surface area contributed by atoms with E-state index >= 15 is 4.39 Å². The molecule has 222 valence electrons. The number of aromatic hydroxyl groups is 1. The van der Waals surface area contributed by atoms with Crippen LogP contribution in [0, 0.1) is 11.6 Å². The number of rotatable bonds is 5. The van der Waals surface area contributed by atoms with Crippen molar-refractivity contribution in [3.63, 3.8) is 0 Å². The summed E-state index contributed by atoms with van der Waals surface area (Å²) in [6.07, 6.45) is 0.810. The summed E-state index contributed by atoms with van der Waals surface area (Å²) < 4.78 is 75.5. The molecule has 1 aromatic heterocycles. The molecule has 0 spiro atoms. The standard InChI is InChI=1S/C31H35F3N6O2/c32-19-12-31(7-1-8-40(31)13-19)17-42-30-36-25-16-38(26-11-22(41)10-18-2-5-24(33)28(34)27(18)26)9-6-23(25)29(37-30)39-14-20-3-4-21(15-39)35-20/h2,5,10-11,19-21,35,41H,1,3-4,6-9,12-17H2/t19-,20-,21+,31+/m1/s1/i8D2,19D. The van der Waals surface area contributed by atoms with Crippen LogP contribution in [0.1, 0.15) is 47.5 Å². The Morgan fingerprint density at radius 1 is 1.14 bits per heavy atom. The molecule has 5 aliphatic rings. The molecule has 3 aromatic rings. The van der Waals surface area contributed by atoms with E-state index in [1.165, 1.54) is 23.1 Å². The van der Waals surface area contributed by atoms with Crippen molar-refractivity contribution < 1.29 is 27.1 Å². The van der Waals surface area contributed by atoms with Gasteiger partial charge < -0.3 is 25.0 Å². The summed E-state index contributed by atoms with van der Waals surface area (Å²) in [6.45, 7) is 0.110. The Morgan fingerprint density at radius 2 is 1.98 bits per heavy atom. The number of ether oxygens (including phenoxy) is 1. The van der Waals surface area contributed by atoms with Gasteiger partial charge in [0.15, 0.2) is 11.6 Å². The Balaban J connectivity index is 1.16. The average Bonchev–Trinajstić information content (AvgIpc) is 3.57. The maximum Gasteiger partial charge on any atom is 0.318 e. The lowest BCUT2D eigenvalue weighted by Gasteiger charge is -2.38. The van der Waals surface area contributed by atoms with E-state index in [1.807, 2.05) is 4.90 Å². The van der Waals surface area contributed by atoms with E-state index in [4.69, 9.17) is 18.8 Å². The summed E-state index contributed by atoms with van der Waals surface area (Å²) in [5.74, 6) is -1.25. The first-order valence-electron chi connectivity index (χ1n) is 16.3. The molecule has 4 saturated heterocycles. The van der Waals surface area contributed by atoms with Crippen LogP contribution in [0.3, 0.4) is 0 Å². The molecule has 0 unspecified atom stereocenters. The van der Waals surface area contributed by atoms with Gasteiger partial charge in [-0.05, 0) is 56.1 Å². The molecule has 2 N–H and O–H groups in total. The first-order valence-corrected chi connectivity index (χ1v) is 14.8. The molecule has 11 heteroatoms. The first kappa shape index (κ1) is 23.2. The van der Waals surface area contributed by atoms with E-state index in [1.54, 1.807) is 0 Å². The van der Waals surface area contributed by atoms with E-state index in [2.05, 4.69) is 10.2 Å². The molecule has 2 aromatic carbocycles. The van der Waals surface area contributed by atoms with Crippen LogP contribution in [-0.2, 0) is 13.0 Å². The van der Waals surface area contributed by atoms with Gasteiger partial charge in [-0.1, -0.05) is 6.07 Å². The van der Waals surface area contributed by atoms with Gasteiger partial charge in [-0.2, -0.15) is 9.97 Å². The summed E-state index contributed by atoms with van der Waals surface area (Å²) in [6, 6.07) is 6.11. The van der Waals surface area contributed by atoms with Crippen molar-refractivity contribution in [1.29, 1.82) is 0 Å². The zero-order chi connectivity index (χ0) is 31.3. The predicted molar refractivity (Wildman–Crippen MR) is 153 cm³/mol. The minimum atomic E-state index is -2.28. The largest absolute Gasteiger partial charge is 0.508 e. The Kier molecular flexibility index (Phi) is 5.45. The van der Waals surface area contributed by atoms with Gasteiger partial charge in [-0.25, -0.2) is 13.2 Å². The zero-order valence-electron chi connectivity index (χ0n) is 26.2. The lowest BCUT2D eigenvalue weighted by atomic mass is 9.95. The van der Waals surface area contributed by atoms with Gasteiger partial charge in [0, 0.05) is 64.4 Å². The number of anilines is 2. The highest BCUT2D eigenvalue weighted by Gasteiger charge is 2.49. The van der Waals surface area contributed by atoms with Crippen LogP contribution >= 0.6 is 0 Å². The third kappa shape index (κ3) is 4.35. The van der Waals surface area contributed by atoms with Crippen LogP contribution in [0.25, 0.3) is 10.8 Å². The smallest absolute Gasteiger partial charge is 0.318 e. The maximum atomic E-state index is 15.1. The molecule has 5 aliphatic heterocycles. The predicted octanol–water partition coefficient (Wildman–Crippen LogP) is 4.07. The van der Waals surface area contributed by atoms with Crippen molar-refractivity contribution >= 4 is 22.3 Å². The summed E-state index contributed by atoms with van der Waals surface area (Å²) >= 11 is 0. The number of piperazine rings is 1. The second-order valence-electron chi connectivity index (χ2n) is 12.3. The molecule has 0 radical (unpaired) electrons. The molecular formula is C31H35F3N6O2. The molecule has 8 nitrogen and oxygen atoms in total. The summed E-state index contributed by atoms with van der Waals surface area (Å²) in [4.78, 5) is 15.2. The number of phenols is 1. The summed E-state index contributed by atoms with van der Waals surface area (Å²) in [5.41, 5.74) is 0.979. The van der Waals surface area contributed by atoms with E-state index in [0.717, 1.165) is 43.4 Å². The highest BCUT2D eigenvalue weighted by molar-refractivity contribution is 5.96. The van der Waals surface area contributed by atoms with Gasteiger partial charge in [-0.15, -0.1) is 0 Å². The number of nitrogens with one attached hydrogen (secondary N) is 1. The normalized spacial score (nSPS) is 32.9. The van der Waals surface area contributed by atoms with Crippen molar-refractivity contribution in [3.8, 4) is 11.8 Å². The fourth-order valence-electron chi connectivity index (χ4n) is 7.62. The van der Waals surface area contributed by atoms with Crippen LogP contribution in [0.15, 0.2) is 24.3 Å². The number of hydrogen-bond donors (Lipinski definition) is 2. The number of phenolic OH excluding ortho intramolecular Hbond substituents is 1. The molecule has 4 atom stereocenters. The number of hydrogen-bond acceptors (Lipinski definition) is 8. The molecule has 8 rings (SSSR count). The zero-order valence-corrected chi connectivity index (χ0v) is 23.2. The molecule has 4 fully saturated rings. The van der Waals surface area contributed by atoms with Gasteiger partial charge in [-0.3, -0.25) is 4.90 Å². The maximum absolute atomic E-state index is 15.1. The van der Waals surface area contributed by atoms with E-state index in [0.29, 0.717) is 48.2 Å². The highest BCUT2D eigenvalue weighted by atomic mass is 19.2. The molecule has 2 bridgehead atoms. The molecular weight excluding hydrogens is 545 g/mol. The van der Waals surface area contributed by atoms with Crippen molar-refractivity contribution in [2.75, 3.05) is 49.1 Å². The van der Waals surface area contributed by atoms with Crippen molar-refractivity contribution in [2.45, 2.75) is 68.8 Å². The van der Waals surface area contributed by atoms with Gasteiger partial charge in [0.2, 0.25) is 0 Å². The molecule has 0 saturated carbocycles. The number of fused-ring (bicyclic) bond motifs is 5. The monoisotopic (exact) mass is 583 g/mol. The minimum absolute atomic E-state index is 0.0619. The third-order valence-corrected chi connectivity index (χ3v) is 9.64. The Morgan fingerprint density at radius 3 is 2.81 bits per heavy atom. The Bertz CT molecular complexity index is 1690. The van der Waals surface area contributed by atoms with Crippen LogP contribution in [0.2, 0.25) is 0 Å². The fraction of sp³-hybridized carbons (Fsp3) is 0.548. The van der Waals surface area contributed by atoms with Crippen LogP contribution in [-0.4, -0.2) is 83.0 Å². The summed E-state index contributed by atoms with van der Waals surface area (Å²) in [7, 11) is 0. The second-order valence-corrected chi connectivity index (χ2v) is 12.3. The van der Waals surface area contributed by atoms with Gasteiger partial charge in [0.05, 0.1) is 24.8 Å². The molecule has 0 aliphatic carbocycles. The van der Waals surface area contributed by atoms with Crippen molar-refractivity contribution in [3.05, 3.63) is 47.2 Å². The number of alkyl halides is 1.